The van der Waals surface area contributed by atoms with Crippen LogP contribution in [-0.4, -0.2) is 39.4 Å². The first-order chi connectivity index (χ1) is 7.09. The molecule has 2 aliphatic rings. The van der Waals surface area contributed by atoms with Crippen LogP contribution in [0.1, 0.15) is 0 Å². The average Bonchev–Trinajstić information content (AvgIpc) is 2.19. The SMILES string of the molecule is O=C(O)C1=CN=C2C=NC(Cl)=CN2C1O. The van der Waals surface area contributed by atoms with E-state index in [1.807, 2.05) is 0 Å². The Hall–Kier alpha value is -1.66. The van der Waals surface area contributed by atoms with Gasteiger partial charge in [0.05, 0.1) is 6.21 Å². The minimum absolute atomic E-state index is 0.152. The van der Waals surface area contributed by atoms with Crippen LogP contribution in [0.3, 0.4) is 0 Å². The van der Waals surface area contributed by atoms with Crippen LogP contribution in [-0.2, 0) is 4.79 Å². The summed E-state index contributed by atoms with van der Waals surface area (Å²) < 4.78 is 0. The maximum Gasteiger partial charge on any atom is 0.337 e. The number of carboxylic acid groups (broad SMARTS) is 1. The van der Waals surface area contributed by atoms with E-state index < -0.39 is 12.2 Å². The van der Waals surface area contributed by atoms with Gasteiger partial charge >= 0.3 is 5.97 Å². The highest BCUT2D eigenvalue weighted by Crippen LogP contribution is 2.20. The zero-order chi connectivity index (χ0) is 11.0. The van der Waals surface area contributed by atoms with E-state index in [4.69, 9.17) is 16.7 Å². The lowest BCUT2D eigenvalue weighted by Gasteiger charge is -2.30. The molecule has 7 heteroatoms. The summed E-state index contributed by atoms with van der Waals surface area (Å²) in [6, 6.07) is 0. The average molecular weight is 228 g/mol. The van der Waals surface area contributed by atoms with Crippen LogP contribution in [0.15, 0.2) is 33.1 Å². The van der Waals surface area contributed by atoms with Crippen molar-refractivity contribution in [2.75, 3.05) is 0 Å². The van der Waals surface area contributed by atoms with Crippen molar-refractivity contribution < 1.29 is 15.0 Å². The normalized spacial score (nSPS) is 24.0. The number of carbonyl (C=O) groups is 1. The van der Waals surface area contributed by atoms with E-state index in [2.05, 4.69) is 9.98 Å². The maximum absolute atomic E-state index is 10.7. The molecule has 2 N–H and O–H groups in total. The molecular weight excluding hydrogens is 222 g/mol. The van der Waals surface area contributed by atoms with Gasteiger partial charge in [-0.2, -0.15) is 0 Å². The smallest absolute Gasteiger partial charge is 0.337 e. The van der Waals surface area contributed by atoms with Crippen LogP contribution in [0.4, 0.5) is 0 Å². The van der Waals surface area contributed by atoms with Gasteiger partial charge in [-0.3, -0.25) is 4.90 Å². The van der Waals surface area contributed by atoms with E-state index in [1.165, 1.54) is 17.3 Å². The standard InChI is InChI=1S/C8H6ClN3O3/c9-5-3-12-6(2-10-5)11-1-4(7(12)13)8(14)15/h1-3,7,13H,(H,14,15). The van der Waals surface area contributed by atoms with E-state index in [0.29, 0.717) is 5.84 Å². The molecule has 0 saturated heterocycles. The molecular formula is C8H6ClN3O3. The van der Waals surface area contributed by atoms with Crippen molar-refractivity contribution in [3.63, 3.8) is 0 Å². The molecule has 0 bridgehead atoms. The lowest BCUT2D eigenvalue weighted by Crippen LogP contribution is -2.43. The Kier molecular flexibility index (Phi) is 2.29. The van der Waals surface area contributed by atoms with Gasteiger partial charge in [0.1, 0.15) is 10.7 Å². The fourth-order valence-electron chi connectivity index (χ4n) is 1.21. The molecule has 0 aromatic rings. The van der Waals surface area contributed by atoms with Gasteiger partial charge in [-0.05, 0) is 0 Å². The number of aliphatic imine (C=N–C) groups is 2. The Morgan fingerprint density at radius 3 is 3.00 bits per heavy atom. The molecule has 6 nitrogen and oxygen atoms in total. The third-order valence-electron chi connectivity index (χ3n) is 1.94. The quantitative estimate of drug-likeness (QED) is 0.623. The highest BCUT2D eigenvalue weighted by molar-refractivity contribution is 6.36. The second-order valence-corrected chi connectivity index (χ2v) is 3.26. The summed E-state index contributed by atoms with van der Waals surface area (Å²) in [5, 5.41) is 18.6. The zero-order valence-corrected chi connectivity index (χ0v) is 8.09. The molecule has 15 heavy (non-hydrogen) atoms. The molecule has 1 atom stereocenters. The second-order valence-electron chi connectivity index (χ2n) is 2.87. The van der Waals surface area contributed by atoms with Crippen LogP contribution in [0, 0.1) is 0 Å². The molecule has 0 radical (unpaired) electrons. The summed E-state index contributed by atoms with van der Waals surface area (Å²) in [4.78, 5) is 19.5. The van der Waals surface area contributed by atoms with E-state index in [1.54, 1.807) is 0 Å². The van der Waals surface area contributed by atoms with E-state index in [9.17, 15) is 9.90 Å². The molecule has 78 valence electrons. The second kappa shape index (κ2) is 3.48. The number of rotatable bonds is 1. The Morgan fingerprint density at radius 2 is 2.33 bits per heavy atom. The van der Waals surface area contributed by atoms with Crippen LogP contribution in [0.2, 0.25) is 0 Å². The van der Waals surface area contributed by atoms with Gasteiger partial charge in [0.25, 0.3) is 0 Å². The lowest BCUT2D eigenvalue weighted by atomic mass is 10.2. The van der Waals surface area contributed by atoms with Crippen LogP contribution in [0.5, 0.6) is 0 Å². The van der Waals surface area contributed by atoms with Crippen molar-refractivity contribution in [1.82, 2.24) is 4.90 Å². The van der Waals surface area contributed by atoms with E-state index >= 15 is 0 Å². The molecule has 0 aliphatic carbocycles. The molecule has 2 aliphatic heterocycles. The number of aliphatic hydroxyl groups is 1. The Labute approximate surface area is 89.5 Å². The van der Waals surface area contributed by atoms with Gasteiger partial charge in [0.15, 0.2) is 12.1 Å². The van der Waals surface area contributed by atoms with E-state index in [0.717, 1.165) is 6.20 Å². The van der Waals surface area contributed by atoms with Crippen molar-refractivity contribution >= 4 is 29.6 Å². The van der Waals surface area contributed by atoms with Gasteiger partial charge in [-0.15, -0.1) is 0 Å². The third-order valence-corrected chi connectivity index (χ3v) is 2.13. The van der Waals surface area contributed by atoms with Crippen molar-refractivity contribution in [2.24, 2.45) is 9.98 Å². The Bertz CT molecular complexity index is 438. The predicted octanol–water partition coefficient (Wildman–Crippen LogP) is 0.110. The zero-order valence-electron chi connectivity index (χ0n) is 7.33. The fraction of sp³-hybridized carbons (Fsp3) is 0.125. The lowest BCUT2D eigenvalue weighted by molar-refractivity contribution is -0.134. The number of aliphatic hydroxyl groups excluding tert-OH is 1. The number of fused-ring (bicyclic) bond motifs is 1. The number of hydrogen-bond donors (Lipinski definition) is 2. The molecule has 0 fully saturated rings. The van der Waals surface area contributed by atoms with Crippen molar-refractivity contribution in [1.29, 1.82) is 0 Å². The van der Waals surface area contributed by atoms with Crippen molar-refractivity contribution in [3.05, 3.63) is 23.1 Å². The summed E-state index contributed by atoms with van der Waals surface area (Å²) in [6.45, 7) is 0. The molecule has 2 rings (SSSR count). The van der Waals surface area contributed by atoms with Crippen LogP contribution >= 0.6 is 11.6 Å². The first-order valence-electron chi connectivity index (χ1n) is 3.98. The summed E-state index contributed by atoms with van der Waals surface area (Å²) in [5.74, 6) is -0.880. The number of hydrogen-bond acceptors (Lipinski definition) is 5. The first-order valence-corrected chi connectivity index (χ1v) is 4.36. The number of carboxylic acids is 1. The van der Waals surface area contributed by atoms with Crippen LogP contribution < -0.4 is 0 Å². The molecule has 0 amide bonds. The van der Waals surface area contributed by atoms with Gasteiger partial charge in [-0.1, -0.05) is 11.6 Å². The van der Waals surface area contributed by atoms with Gasteiger partial charge in [0, 0.05) is 12.4 Å². The topological polar surface area (TPSA) is 85.5 Å². The largest absolute Gasteiger partial charge is 0.478 e. The summed E-state index contributed by atoms with van der Waals surface area (Å²) >= 11 is 5.62. The Balaban J connectivity index is 2.40. The number of amidine groups is 1. The third kappa shape index (κ3) is 1.64. The molecule has 1 unspecified atom stereocenters. The highest BCUT2D eigenvalue weighted by atomic mass is 35.5. The number of aliphatic carboxylic acids is 1. The summed E-state index contributed by atoms with van der Waals surface area (Å²) in [6.07, 6.45) is 2.47. The molecule has 0 saturated carbocycles. The maximum atomic E-state index is 10.7. The molecule has 2 heterocycles. The highest BCUT2D eigenvalue weighted by Gasteiger charge is 2.30. The fourth-order valence-corrected chi connectivity index (χ4v) is 1.37. The van der Waals surface area contributed by atoms with E-state index in [-0.39, 0.29) is 10.7 Å². The Morgan fingerprint density at radius 1 is 1.60 bits per heavy atom. The number of halogens is 1. The van der Waals surface area contributed by atoms with Gasteiger partial charge < -0.3 is 10.2 Å². The summed E-state index contributed by atoms with van der Waals surface area (Å²) in [5.41, 5.74) is -0.213. The number of nitrogens with zero attached hydrogens (tertiary/aromatic N) is 3. The minimum Gasteiger partial charge on any atom is -0.478 e. The monoisotopic (exact) mass is 227 g/mol. The predicted molar refractivity (Wildman–Crippen MR) is 53.4 cm³/mol. The first kappa shape index (κ1) is 9.88. The van der Waals surface area contributed by atoms with Gasteiger partial charge in [0.2, 0.25) is 0 Å². The summed E-state index contributed by atoms with van der Waals surface area (Å²) in [7, 11) is 0. The van der Waals surface area contributed by atoms with Gasteiger partial charge in [-0.25, -0.2) is 14.8 Å². The van der Waals surface area contributed by atoms with Crippen LogP contribution in [0.25, 0.3) is 0 Å². The van der Waals surface area contributed by atoms with Crippen molar-refractivity contribution in [3.8, 4) is 0 Å². The molecule has 0 aromatic carbocycles. The minimum atomic E-state index is -1.30. The molecule has 0 spiro atoms. The van der Waals surface area contributed by atoms with Crippen molar-refractivity contribution in [2.45, 2.75) is 6.23 Å². The molecule has 0 aromatic heterocycles.